The minimum absolute atomic E-state index is 0.307. The molecule has 8 nitrogen and oxygen atoms in total. The third-order valence-electron chi connectivity index (χ3n) is 15.9. The summed E-state index contributed by atoms with van der Waals surface area (Å²) in [6.45, 7) is 0. The molecule has 350 valence electrons. The van der Waals surface area contributed by atoms with Crippen molar-refractivity contribution in [1.82, 2.24) is 13.7 Å². The number of benzene rings is 11. The highest BCUT2D eigenvalue weighted by Gasteiger charge is 2.35. The Morgan fingerprint density at radius 3 is 1.03 bits per heavy atom. The van der Waals surface area contributed by atoms with E-state index >= 15 is 0 Å². The largest absolute Gasteiger partial charge is 0.456 e. The molecule has 0 spiro atoms. The second kappa shape index (κ2) is 14.9. The van der Waals surface area contributed by atoms with Gasteiger partial charge in [-0.25, -0.2) is 0 Å². The van der Waals surface area contributed by atoms with Crippen molar-refractivity contribution in [2.45, 2.75) is 0 Å². The summed E-state index contributed by atoms with van der Waals surface area (Å²) in [5.74, 6) is 0. The molecule has 0 atom stereocenters. The number of fused-ring (bicyclic) bond motifs is 21. The number of aromatic nitrogens is 3. The number of rotatable bonds is 4. The van der Waals surface area contributed by atoms with E-state index in [0.717, 1.165) is 131 Å². The number of hydrogen-bond donors (Lipinski definition) is 0. The van der Waals surface area contributed by atoms with Gasteiger partial charge in [0.1, 0.15) is 51.2 Å². The Hall–Kier alpha value is -10.8. The van der Waals surface area contributed by atoms with Crippen molar-refractivity contribution in [3.8, 4) is 40.3 Å². The van der Waals surface area contributed by atoms with Crippen LogP contribution in [-0.4, -0.2) is 13.7 Å². The van der Waals surface area contributed by atoms with Crippen molar-refractivity contribution >= 4 is 131 Å². The monoisotopic (exact) mass is 969 g/mol. The number of furan rings is 3. The summed E-state index contributed by atoms with van der Waals surface area (Å²) in [5.41, 5.74) is 13.5. The molecule has 0 aliphatic rings. The Labute approximate surface area is 430 Å². The Morgan fingerprint density at radius 2 is 0.618 bits per heavy atom. The van der Waals surface area contributed by atoms with E-state index in [1.54, 1.807) is 0 Å². The van der Waals surface area contributed by atoms with E-state index in [1.807, 2.05) is 91.0 Å². The van der Waals surface area contributed by atoms with E-state index in [2.05, 4.69) is 147 Å². The van der Waals surface area contributed by atoms with Crippen molar-refractivity contribution in [3.63, 3.8) is 0 Å². The molecule has 17 rings (SSSR count). The first kappa shape index (κ1) is 40.8. The highest BCUT2D eigenvalue weighted by atomic mass is 16.3. The van der Waals surface area contributed by atoms with E-state index < -0.39 is 0 Å². The lowest BCUT2D eigenvalue weighted by atomic mass is 9.91. The summed E-state index contributed by atoms with van der Waals surface area (Å²) in [5, 5.41) is 36.7. The third-order valence-corrected chi connectivity index (χ3v) is 15.9. The molecule has 0 bridgehead atoms. The molecule has 6 heterocycles. The van der Waals surface area contributed by atoms with Gasteiger partial charge in [0.25, 0.3) is 0 Å². The average Bonchev–Trinajstić information content (AvgIpc) is 4.49. The first-order chi connectivity index (χ1) is 37.7. The first-order valence-electron chi connectivity index (χ1n) is 25.3. The fraction of sp³-hybridized carbons (Fsp3) is 0. The maximum atomic E-state index is 12.7. The van der Waals surface area contributed by atoms with E-state index in [9.17, 15) is 10.5 Å². The van der Waals surface area contributed by atoms with Crippen LogP contribution in [0.4, 0.5) is 0 Å². The molecule has 0 fully saturated rings. The standard InChI is InChI=1S/C68H35N5O3/c69-36-48-59(38-16-2-1-3-17-38)68(73-52-26-12-6-20-41(52)44-32-35-58-62(66(44)73)47-23-9-15-29-55(47)76-58)67(72-51-25-11-5-19-40(51)43-31-34-57-61(65(43)72)46-22-8-14-28-54(46)75-57)49(37-70)63(48)71-50-24-10-4-18-39(50)42-30-33-56-60(64(42)71)45-21-7-13-27-53(45)74-56/h1-35H. The van der Waals surface area contributed by atoms with Crippen LogP contribution in [0, 0.1) is 22.7 Å². The van der Waals surface area contributed by atoms with Gasteiger partial charge >= 0.3 is 0 Å². The van der Waals surface area contributed by atoms with Gasteiger partial charge in [0.2, 0.25) is 0 Å². The van der Waals surface area contributed by atoms with Gasteiger partial charge < -0.3 is 27.0 Å². The molecular formula is C68H35N5O3. The molecule has 8 heteroatoms. The van der Waals surface area contributed by atoms with Crippen molar-refractivity contribution < 1.29 is 13.3 Å². The maximum absolute atomic E-state index is 12.7. The van der Waals surface area contributed by atoms with Crippen LogP contribution in [0.25, 0.3) is 159 Å². The smallest absolute Gasteiger partial charge is 0.137 e. The van der Waals surface area contributed by atoms with Crippen LogP contribution in [0.2, 0.25) is 0 Å². The van der Waals surface area contributed by atoms with Crippen molar-refractivity contribution in [3.05, 3.63) is 223 Å². The van der Waals surface area contributed by atoms with E-state index in [-0.39, 0.29) is 0 Å². The lowest BCUT2D eigenvalue weighted by Gasteiger charge is -2.26. The van der Waals surface area contributed by atoms with Gasteiger partial charge in [0.05, 0.1) is 71.9 Å². The first-order valence-corrected chi connectivity index (χ1v) is 25.3. The van der Waals surface area contributed by atoms with Crippen LogP contribution < -0.4 is 0 Å². The fourth-order valence-electron chi connectivity index (χ4n) is 13.0. The Balaban J connectivity index is 1.21. The van der Waals surface area contributed by atoms with Crippen LogP contribution in [0.3, 0.4) is 0 Å². The van der Waals surface area contributed by atoms with Crippen LogP contribution in [-0.2, 0) is 0 Å². The number of nitriles is 2. The number of nitrogens with zero attached hydrogens (tertiary/aromatic N) is 5. The van der Waals surface area contributed by atoms with Gasteiger partial charge in [-0.05, 0) is 78.4 Å². The highest BCUT2D eigenvalue weighted by Crippen LogP contribution is 2.52. The summed E-state index contributed by atoms with van der Waals surface area (Å²) in [6, 6.07) is 78.1. The topological polar surface area (TPSA) is 102 Å². The second-order valence-corrected chi connectivity index (χ2v) is 19.6. The molecule has 6 aromatic heterocycles. The fourth-order valence-corrected chi connectivity index (χ4v) is 13.0. The van der Waals surface area contributed by atoms with Gasteiger partial charge in [-0.3, -0.25) is 0 Å². The minimum Gasteiger partial charge on any atom is -0.456 e. The molecule has 0 saturated heterocycles. The molecule has 0 amide bonds. The third kappa shape index (κ3) is 5.14. The second-order valence-electron chi connectivity index (χ2n) is 19.6. The molecule has 11 aromatic carbocycles. The van der Waals surface area contributed by atoms with Gasteiger partial charge in [-0.2, -0.15) is 10.5 Å². The molecular weight excluding hydrogens is 935 g/mol. The lowest BCUT2D eigenvalue weighted by molar-refractivity contribution is 0.668. The molecule has 17 aromatic rings. The van der Waals surface area contributed by atoms with Gasteiger partial charge in [-0.15, -0.1) is 0 Å². The zero-order valence-electron chi connectivity index (χ0n) is 40.2. The molecule has 0 aliphatic carbocycles. The van der Waals surface area contributed by atoms with E-state index in [4.69, 9.17) is 13.3 Å². The molecule has 76 heavy (non-hydrogen) atoms. The van der Waals surface area contributed by atoms with Crippen molar-refractivity contribution in [2.75, 3.05) is 0 Å². The van der Waals surface area contributed by atoms with Crippen LogP contribution >= 0.6 is 0 Å². The van der Waals surface area contributed by atoms with Crippen LogP contribution in [0.1, 0.15) is 11.1 Å². The van der Waals surface area contributed by atoms with Crippen molar-refractivity contribution in [2.24, 2.45) is 0 Å². The summed E-state index contributed by atoms with van der Waals surface area (Å²) >= 11 is 0. The quantitative estimate of drug-likeness (QED) is 0.175. The van der Waals surface area contributed by atoms with Crippen LogP contribution in [0.15, 0.2) is 226 Å². The van der Waals surface area contributed by atoms with Crippen molar-refractivity contribution in [1.29, 1.82) is 10.5 Å². The summed E-state index contributed by atoms with van der Waals surface area (Å²) in [7, 11) is 0. The SMILES string of the molecule is N#Cc1c(-c2ccccc2)c(-n2c3ccccc3c3ccc4oc5ccccc5c4c32)c(-n2c3ccccc3c3ccc4oc5ccccc5c4c32)c(C#N)c1-n1c2ccccc2c2ccc3oc4ccccc4c3c21. The summed E-state index contributed by atoms with van der Waals surface area (Å²) in [6.07, 6.45) is 0. The average molecular weight is 970 g/mol. The minimum atomic E-state index is 0.307. The lowest BCUT2D eigenvalue weighted by Crippen LogP contribution is -2.14. The summed E-state index contributed by atoms with van der Waals surface area (Å²) in [4.78, 5) is 0. The zero-order valence-corrected chi connectivity index (χ0v) is 40.2. The molecule has 0 radical (unpaired) electrons. The predicted molar refractivity (Wildman–Crippen MR) is 306 cm³/mol. The number of para-hydroxylation sites is 6. The van der Waals surface area contributed by atoms with Gasteiger partial charge in [0.15, 0.2) is 0 Å². The molecule has 0 saturated carbocycles. The van der Waals surface area contributed by atoms with Crippen LogP contribution in [0.5, 0.6) is 0 Å². The Morgan fingerprint density at radius 1 is 0.276 bits per heavy atom. The predicted octanol–water partition coefficient (Wildman–Crippen LogP) is 18.1. The molecule has 0 N–H and O–H groups in total. The van der Waals surface area contributed by atoms with E-state index in [1.165, 1.54) is 0 Å². The number of hydrogen-bond acceptors (Lipinski definition) is 5. The Kier molecular flexibility index (Phi) is 7.99. The maximum Gasteiger partial charge on any atom is 0.137 e. The molecule has 0 unspecified atom stereocenters. The Bertz CT molecular complexity index is 5510. The van der Waals surface area contributed by atoms with E-state index in [0.29, 0.717) is 39.3 Å². The normalized spacial score (nSPS) is 12.2. The molecule has 0 aliphatic heterocycles. The van der Waals surface area contributed by atoms with Gasteiger partial charge in [-0.1, -0.05) is 140 Å². The summed E-state index contributed by atoms with van der Waals surface area (Å²) < 4.78 is 26.9. The van der Waals surface area contributed by atoms with Gasteiger partial charge in [0, 0.05) is 54.0 Å². The highest BCUT2D eigenvalue weighted by molar-refractivity contribution is 6.28. The zero-order chi connectivity index (χ0) is 49.9.